The van der Waals surface area contributed by atoms with Crippen molar-refractivity contribution in [2.45, 2.75) is 20.4 Å². The summed E-state index contributed by atoms with van der Waals surface area (Å²) in [4.78, 5) is 11.8. The van der Waals surface area contributed by atoms with E-state index in [2.05, 4.69) is 25.8 Å². The van der Waals surface area contributed by atoms with Crippen molar-refractivity contribution in [1.82, 2.24) is 30.5 Å². The van der Waals surface area contributed by atoms with E-state index < -0.39 is 0 Å². The zero-order valence-corrected chi connectivity index (χ0v) is 10.5. The first-order valence-electron chi connectivity index (χ1n) is 5.44. The van der Waals surface area contributed by atoms with Crippen LogP contribution in [-0.2, 0) is 13.6 Å². The Balaban J connectivity index is 2.09. The average Bonchev–Trinajstić information content (AvgIpc) is 2.83. The van der Waals surface area contributed by atoms with Crippen LogP contribution in [0.4, 0.5) is 5.82 Å². The lowest BCUT2D eigenvalue weighted by molar-refractivity contribution is 0.0946. The summed E-state index contributed by atoms with van der Waals surface area (Å²) in [7, 11) is 1.86. The van der Waals surface area contributed by atoms with Crippen LogP contribution in [0.1, 0.15) is 27.4 Å². The van der Waals surface area contributed by atoms with E-state index in [0.29, 0.717) is 6.54 Å². The van der Waals surface area contributed by atoms with E-state index >= 15 is 0 Å². The number of H-pyrrole nitrogens is 1. The van der Waals surface area contributed by atoms with Crippen molar-refractivity contribution in [2.75, 3.05) is 5.73 Å². The molecule has 2 aromatic heterocycles. The number of nitrogens with two attached hydrogens (primary N) is 1. The lowest BCUT2D eigenvalue weighted by Crippen LogP contribution is -2.24. The first kappa shape index (κ1) is 12.1. The molecule has 0 unspecified atom stereocenters. The van der Waals surface area contributed by atoms with Crippen LogP contribution in [0, 0.1) is 13.8 Å². The normalized spacial score (nSPS) is 10.6. The number of aryl methyl sites for hydroxylation is 2. The molecule has 2 heterocycles. The van der Waals surface area contributed by atoms with Gasteiger partial charge in [-0.2, -0.15) is 10.3 Å². The lowest BCUT2D eigenvalue weighted by Gasteiger charge is -2.04. The number of aromatic nitrogens is 5. The van der Waals surface area contributed by atoms with E-state index in [0.717, 1.165) is 17.0 Å². The number of anilines is 1. The second-order valence-corrected chi connectivity index (χ2v) is 4.01. The molecule has 0 spiro atoms. The van der Waals surface area contributed by atoms with Crippen molar-refractivity contribution in [3.8, 4) is 0 Å². The summed E-state index contributed by atoms with van der Waals surface area (Å²) in [6, 6.07) is 0. The van der Waals surface area contributed by atoms with E-state index in [4.69, 9.17) is 5.73 Å². The van der Waals surface area contributed by atoms with Crippen LogP contribution in [0.25, 0.3) is 0 Å². The number of rotatable bonds is 3. The minimum absolute atomic E-state index is 0.0899. The van der Waals surface area contributed by atoms with Gasteiger partial charge in [0.15, 0.2) is 11.5 Å². The molecule has 0 aliphatic carbocycles. The molecule has 0 saturated heterocycles. The molecule has 0 aromatic carbocycles. The van der Waals surface area contributed by atoms with Crippen LogP contribution in [-0.4, -0.2) is 31.1 Å². The van der Waals surface area contributed by atoms with Gasteiger partial charge in [0.05, 0.1) is 5.69 Å². The zero-order chi connectivity index (χ0) is 13.3. The summed E-state index contributed by atoms with van der Waals surface area (Å²) in [6.07, 6.45) is 0. The molecule has 8 nitrogen and oxygen atoms in total. The molecule has 0 aliphatic rings. The molecule has 1 amide bonds. The van der Waals surface area contributed by atoms with Crippen LogP contribution >= 0.6 is 0 Å². The molecule has 2 rings (SSSR count). The smallest absolute Gasteiger partial charge is 0.275 e. The van der Waals surface area contributed by atoms with Crippen molar-refractivity contribution in [2.24, 2.45) is 7.05 Å². The van der Waals surface area contributed by atoms with Crippen LogP contribution in [0.2, 0.25) is 0 Å². The number of nitrogen functional groups attached to an aromatic ring is 1. The van der Waals surface area contributed by atoms with Crippen LogP contribution in [0.3, 0.4) is 0 Å². The van der Waals surface area contributed by atoms with Crippen molar-refractivity contribution in [3.63, 3.8) is 0 Å². The standard InChI is InChI=1S/C10H15N7O/c1-5-7(6(2)17(3)15-5)4-12-10(18)8-9(11)14-16-13-8/h4H2,1-3H3,(H,12,18)(H3,11,13,14,16). The Morgan fingerprint density at radius 2 is 2.17 bits per heavy atom. The molecule has 0 atom stereocenters. The van der Waals surface area contributed by atoms with Crippen molar-refractivity contribution >= 4 is 11.7 Å². The summed E-state index contributed by atoms with van der Waals surface area (Å²) in [6.45, 7) is 4.24. The van der Waals surface area contributed by atoms with Gasteiger partial charge in [0.25, 0.3) is 5.91 Å². The van der Waals surface area contributed by atoms with Gasteiger partial charge in [-0.25, -0.2) is 0 Å². The number of hydrogen-bond donors (Lipinski definition) is 3. The Bertz CT molecular complexity index is 583. The largest absolute Gasteiger partial charge is 0.380 e. The molecular weight excluding hydrogens is 234 g/mol. The maximum Gasteiger partial charge on any atom is 0.275 e. The van der Waals surface area contributed by atoms with Gasteiger partial charge >= 0.3 is 0 Å². The van der Waals surface area contributed by atoms with Gasteiger partial charge in [-0.05, 0) is 13.8 Å². The van der Waals surface area contributed by atoms with E-state index in [-0.39, 0.29) is 17.4 Å². The SMILES string of the molecule is Cc1nn(C)c(C)c1CNC(=O)c1n[nH]nc1N. The van der Waals surface area contributed by atoms with Crippen LogP contribution < -0.4 is 11.1 Å². The molecule has 4 N–H and O–H groups in total. The molecule has 8 heteroatoms. The minimum atomic E-state index is -0.357. The Hall–Kier alpha value is -2.38. The minimum Gasteiger partial charge on any atom is -0.380 e. The fourth-order valence-electron chi connectivity index (χ4n) is 1.73. The molecule has 2 aromatic rings. The van der Waals surface area contributed by atoms with Crippen molar-refractivity contribution in [1.29, 1.82) is 0 Å². The highest BCUT2D eigenvalue weighted by molar-refractivity contribution is 5.96. The Kier molecular flexibility index (Phi) is 3.00. The van der Waals surface area contributed by atoms with Gasteiger partial charge in [0.2, 0.25) is 0 Å². The van der Waals surface area contributed by atoms with Gasteiger partial charge in [0.1, 0.15) is 0 Å². The molecule has 18 heavy (non-hydrogen) atoms. The summed E-state index contributed by atoms with van der Waals surface area (Å²) in [5, 5.41) is 16.6. The second-order valence-electron chi connectivity index (χ2n) is 4.01. The summed E-state index contributed by atoms with van der Waals surface area (Å²) < 4.78 is 1.78. The third kappa shape index (κ3) is 2.04. The third-order valence-electron chi connectivity index (χ3n) is 2.87. The first-order valence-corrected chi connectivity index (χ1v) is 5.44. The Morgan fingerprint density at radius 3 is 2.67 bits per heavy atom. The molecule has 0 aliphatic heterocycles. The Labute approximate surface area is 104 Å². The van der Waals surface area contributed by atoms with Gasteiger partial charge in [-0.3, -0.25) is 9.48 Å². The molecule has 0 radical (unpaired) electrons. The van der Waals surface area contributed by atoms with Crippen molar-refractivity contribution in [3.05, 3.63) is 22.6 Å². The molecule has 0 saturated carbocycles. The summed E-state index contributed by atoms with van der Waals surface area (Å²) >= 11 is 0. The lowest BCUT2D eigenvalue weighted by atomic mass is 10.2. The number of nitrogens with zero attached hydrogens (tertiary/aromatic N) is 4. The number of nitrogens with one attached hydrogen (secondary N) is 2. The Morgan fingerprint density at radius 1 is 1.44 bits per heavy atom. The van der Waals surface area contributed by atoms with E-state index in [1.807, 2.05) is 20.9 Å². The first-order chi connectivity index (χ1) is 8.50. The van der Waals surface area contributed by atoms with Gasteiger partial charge < -0.3 is 11.1 Å². The van der Waals surface area contributed by atoms with Gasteiger partial charge in [0, 0.05) is 24.8 Å². The van der Waals surface area contributed by atoms with Crippen LogP contribution in [0.15, 0.2) is 0 Å². The molecule has 0 fully saturated rings. The predicted molar refractivity (Wildman–Crippen MR) is 64.6 cm³/mol. The fourth-order valence-corrected chi connectivity index (χ4v) is 1.73. The number of hydrogen-bond acceptors (Lipinski definition) is 5. The summed E-state index contributed by atoms with van der Waals surface area (Å²) in [5.74, 6) is -0.268. The fraction of sp³-hybridized carbons (Fsp3) is 0.400. The predicted octanol–water partition coefficient (Wildman–Crippen LogP) is -0.333. The van der Waals surface area contributed by atoms with E-state index in [1.165, 1.54) is 0 Å². The highest BCUT2D eigenvalue weighted by Crippen LogP contribution is 2.11. The monoisotopic (exact) mass is 249 g/mol. The third-order valence-corrected chi connectivity index (χ3v) is 2.87. The molecular formula is C10H15N7O. The highest BCUT2D eigenvalue weighted by Gasteiger charge is 2.15. The number of carbonyl (C=O) groups excluding carboxylic acids is 1. The van der Waals surface area contributed by atoms with Crippen LogP contribution in [0.5, 0.6) is 0 Å². The second kappa shape index (κ2) is 4.47. The molecule has 96 valence electrons. The highest BCUT2D eigenvalue weighted by atomic mass is 16.2. The quantitative estimate of drug-likeness (QED) is 0.689. The number of carbonyl (C=O) groups is 1. The maximum atomic E-state index is 11.8. The summed E-state index contributed by atoms with van der Waals surface area (Å²) in [5.41, 5.74) is 8.50. The molecule has 0 bridgehead atoms. The number of aromatic amines is 1. The maximum absolute atomic E-state index is 11.8. The zero-order valence-electron chi connectivity index (χ0n) is 10.5. The number of amides is 1. The van der Waals surface area contributed by atoms with E-state index in [1.54, 1.807) is 4.68 Å². The van der Waals surface area contributed by atoms with E-state index in [9.17, 15) is 4.79 Å². The average molecular weight is 249 g/mol. The van der Waals surface area contributed by atoms with Gasteiger partial charge in [-0.15, -0.1) is 10.2 Å². The van der Waals surface area contributed by atoms with Gasteiger partial charge in [-0.1, -0.05) is 0 Å². The van der Waals surface area contributed by atoms with Crippen molar-refractivity contribution < 1.29 is 4.79 Å². The topological polar surface area (TPSA) is 115 Å².